The second kappa shape index (κ2) is 3.57. The normalized spacial score (nSPS) is 18.3. The Kier molecular flexibility index (Phi) is 2.85. The number of halogens is 3. The molecule has 0 bridgehead atoms. The highest BCUT2D eigenvalue weighted by Crippen LogP contribution is 2.32. The molecule has 5 heteroatoms. The van der Waals surface area contributed by atoms with E-state index in [0.29, 0.717) is 6.42 Å². The van der Waals surface area contributed by atoms with E-state index in [1.165, 1.54) is 6.08 Å². The molecule has 0 N–H and O–H groups in total. The summed E-state index contributed by atoms with van der Waals surface area (Å²) in [6, 6.07) is 0. The van der Waals surface area contributed by atoms with Crippen LogP contribution in [0.25, 0.3) is 0 Å². The molecule has 0 aliphatic carbocycles. The fraction of sp³-hybridized carbons (Fsp3) is 0.750. The Morgan fingerprint density at radius 2 is 2.15 bits per heavy atom. The van der Waals surface area contributed by atoms with Crippen LogP contribution >= 0.6 is 0 Å². The minimum atomic E-state index is -4.42. The Labute approximate surface area is 74.9 Å². The second-order valence-corrected chi connectivity index (χ2v) is 3.35. The zero-order chi connectivity index (χ0) is 10.1. The number of hydrogen-bond acceptors (Lipinski definition) is 2. The molecule has 2 nitrogen and oxygen atoms in total. The maximum absolute atomic E-state index is 12.2. The number of nitrogens with zero attached hydrogens (tertiary/aromatic N) is 1. The summed E-state index contributed by atoms with van der Waals surface area (Å²) in [6.07, 6.45) is -2.57. The van der Waals surface area contributed by atoms with Gasteiger partial charge in [-0.15, -0.1) is 13.2 Å². The summed E-state index contributed by atoms with van der Waals surface area (Å²) in [5, 5.41) is 0.0486. The summed E-state index contributed by atoms with van der Waals surface area (Å²) < 4.78 is 36.7. The lowest BCUT2D eigenvalue weighted by molar-refractivity contribution is -0.344. The molecule has 0 aromatic rings. The number of rotatable bonds is 2. The predicted molar refractivity (Wildman–Crippen MR) is 41.4 cm³/mol. The average molecular weight is 195 g/mol. The largest absolute Gasteiger partial charge is 0.508 e. The van der Waals surface area contributed by atoms with Crippen LogP contribution in [0.5, 0.6) is 0 Å². The van der Waals surface area contributed by atoms with Crippen molar-refractivity contribution < 1.29 is 18.0 Å². The van der Waals surface area contributed by atoms with Crippen molar-refractivity contribution in [1.82, 2.24) is 5.06 Å². The molecule has 1 aliphatic heterocycles. The van der Waals surface area contributed by atoms with E-state index in [-0.39, 0.29) is 23.3 Å². The Hall–Kier alpha value is -0.710. The molecule has 1 rings (SSSR count). The van der Waals surface area contributed by atoms with Crippen LogP contribution in [-0.4, -0.2) is 18.0 Å². The first-order chi connectivity index (χ1) is 5.91. The average Bonchev–Trinajstić information content (AvgIpc) is 2.31. The van der Waals surface area contributed by atoms with E-state index in [4.69, 9.17) is 0 Å². The van der Waals surface area contributed by atoms with E-state index in [1.54, 1.807) is 0 Å². The smallest absolute Gasteiger partial charge is 0.262 e. The third-order valence-electron chi connectivity index (χ3n) is 1.63. The highest BCUT2D eigenvalue weighted by molar-refractivity contribution is 5.04. The van der Waals surface area contributed by atoms with E-state index in [9.17, 15) is 13.2 Å². The van der Waals surface area contributed by atoms with Crippen molar-refractivity contribution in [2.75, 3.05) is 6.61 Å². The summed E-state index contributed by atoms with van der Waals surface area (Å²) >= 11 is 0. The van der Waals surface area contributed by atoms with Gasteiger partial charge in [0.2, 0.25) is 0 Å². The van der Waals surface area contributed by atoms with Crippen LogP contribution in [0, 0.1) is 5.92 Å². The molecule has 13 heavy (non-hydrogen) atoms. The van der Waals surface area contributed by atoms with Gasteiger partial charge in [0.15, 0.2) is 0 Å². The van der Waals surface area contributed by atoms with Crippen LogP contribution in [0.15, 0.2) is 11.8 Å². The predicted octanol–water partition coefficient (Wildman–Crippen LogP) is 2.68. The third kappa shape index (κ3) is 2.62. The van der Waals surface area contributed by atoms with Crippen molar-refractivity contribution in [3.63, 3.8) is 0 Å². The second-order valence-electron chi connectivity index (χ2n) is 3.35. The third-order valence-corrected chi connectivity index (χ3v) is 1.63. The van der Waals surface area contributed by atoms with Crippen molar-refractivity contribution in [2.45, 2.75) is 26.6 Å². The molecule has 0 aromatic carbocycles. The standard InChI is InChI=1S/C8H12F3NO/c1-6(2)5-7-3-4-13-12(7)8(9,10)11/h3,6H,4-5H2,1-2H3. The lowest BCUT2D eigenvalue weighted by atomic mass is 10.1. The summed E-state index contributed by atoms with van der Waals surface area (Å²) in [5.41, 5.74) is 0.211. The fourth-order valence-electron chi connectivity index (χ4n) is 1.19. The molecule has 0 spiro atoms. The van der Waals surface area contributed by atoms with Gasteiger partial charge in [-0.25, -0.2) is 0 Å². The molecule has 1 heterocycles. The lowest BCUT2D eigenvalue weighted by Gasteiger charge is -2.23. The van der Waals surface area contributed by atoms with Gasteiger partial charge in [0.25, 0.3) is 0 Å². The van der Waals surface area contributed by atoms with Gasteiger partial charge >= 0.3 is 6.30 Å². The van der Waals surface area contributed by atoms with Gasteiger partial charge in [0, 0.05) is 5.70 Å². The first-order valence-electron chi connectivity index (χ1n) is 4.10. The topological polar surface area (TPSA) is 12.5 Å². The number of alkyl halides is 3. The van der Waals surface area contributed by atoms with E-state index >= 15 is 0 Å². The van der Waals surface area contributed by atoms with Gasteiger partial charge in [-0.1, -0.05) is 13.8 Å². The number of hydroxylamine groups is 2. The molecular formula is C8H12F3NO. The van der Waals surface area contributed by atoms with Crippen LogP contribution in [-0.2, 0) is 4.84 Å². The van der Waals surface area contributed by atoms with Crippen molar-refractivity contribution in [2.24, 2.45) is 5.92 Å². The monoisotopic (exact) mass is 195 g/mol. The Balaban J connectivity index is 2.63. The molecular weight excluding hydrogens is 183 g/mol. The van der Waals surface area contributed by atoms with E-state index < -0.39 is 6.30 Å². The zero-order valence-corrected chi connectivity index (χ0v) is 7.56. The molecule has 0 aromatic heterocycles. The van der Waals surface area contributed by atoms with Gasteiger partial charge in [0.05, 0.1) is 6.61 Å². The zero-order valence-electron chi connectivity index (χ0n) is 7.56. The highest BCUT2D eigenvalue weighted by Gasteiger charge is 2.42. The summed E-state index contributed by atoms with van der Waals surface area (Å²) in [6.45, 7) is 3.75. The lowest BCUT2D eigenvalue weighted by Crippen LogP contribution is -2.34. The van der Waals surface area contributed by atoms with Crippen molar-refractivity contribution in [3.05, 3.63) is 11.8 Å². The van der Waals surface area contributed by atoms with Gasteiger partial charge in [-0.05, 0) is 18.4 Å². The van der Waals surface area contributed by atoms with E-state index in [0.717, 1.165) is 0 Å². The molecule has 0 saturated carbocycles. The number of hydrogen-bond donors (Lipinski definition) is 0. The van der Waals surface area contributed by atoms with Gasteiger partial charge in [0.1, 0.15) is 0 Å². The quantitative estimate of drug-likeness (QED) is 0.628. The molecule has 1 aliphatic rings. The Bertz CT molecular complexity index is 210. The molecule has 0 radical (unpaired) electrons. The van der Waals surface area contributed by atoms with Crippen LogP contribution < -0.4 is 0 Å². The SMILES string of the molecule is CC(C)CC1=CCON1C(F)(F)F. The molecule has 0 saturated heterocycles. The fourth-order valence-corrected chi connectivity index (χ4v) is 1.19. The summed E-state index contributed by atoms with van der Waals surface area (Å²) in [5.74, 6) is 0.192. The Morgan fingerprint density at radius 1 is 1.54 bits per heavy atom. The van der Waals surface area contributed by atoms with Crippen LogP contribution in [0.2, 0.25) is 0 Å². The molecule has 0 atom stereocenters. The van der Waals surface area contributed by atoms with Crippen molar-refractivity contribution >= 4 is 0 Å². The minimum absolute atomic E-state index is 0.0154. The molecule has 0 amide bonds. The summed E-state index contributed by atoms with van der Waals surface area (Å²) in [7, 11) is 0. The highest BCUT2D eigenvalue weighted by atomic mass is 19.4. The van der Waals surface area contributed by atoms with Gasteiger partial charge < -0.3 is 0 Å². The maximum atomic E-state index is 12.2. The van der Waals surface area contributed by atoms with Crippen molar-refractivity contribution in [1.29, 1.82) is 0 Å². The molecule has 76 valence electrons. The summed E-state index contributed by atoms with van der Waals surface area (Å²) in [4.78, 5) is 4.45. The van der Waals surface area contributed by atoms with Gasteiger partial charge in [-0.2, -0.15) is 5.06 Å². The first kappa shape index (κ1) is 10.4. The van der Waals surface area contributed by atoms with Gasteiger partial charge in [-0.3, -0.25) is 4.84 Å². The van der Waals surface area contributed by atoms with E-state index in [2.05, 4.69) is 4.84 Å². The molecule has 0 unspecified atom stereocenters. The van der Waals surface area contributed by atoms with Crippen molar-refractivity contribution in [3.8, 4) is 0 Å². The van der Waals surface area contributed by atoms with Crippen LogP contribution in [0.1, 0.15) is 20.3 Å². The van der Waals surface area contributed by atoms with Crippen LogP contribution in [0.3, 0.4) is 0 Å². The van der Waals surface area contributed by atoms with E-state index in [1.807, 2.05) is 13.8 Å². The Morgan fingerprint density at radius 3 is 2.62 bits per heavy atom. The van der Waals surface area contributed by atoms with Crippen LogP contribution in [0.4, 0.5) is 13.2 Å². The molecule has 0 fully saturated rings. The maximum Gasteiger partial charge on any atom is 0.508 e. The minimum Gasteiger partial charge on any atom is -0.262 e. The first-order valence-corrected chi connectivity index (χ1v) is 4.10. The number of allylic oxidation sites excluding steroid dienone is 1.